The van der Waals surface area contributed by atoms with Crippen molar-refractivity contribution in [1.29, 1.82) is 0 Å². The summed E-state index contributed by atoms with van der Waals surface area (Å²) in [6.45, 7) is 0.710. The Morgan fingerprint density at radius 2 is 1.88 bits per heavy atom. The molecule has 5 heteroatoms. The van der Waals surface area contributed by atoms with Gasteiger partial charge >= 0.3 is 0 Å². The fourth-order valence-corrected chi connectivity index (χ4v) is 2.41. The quantitative estimate of drug-likeness (QED) is 0.744. The Morgan fingerprint density at radius 1 is 1.12 bits per heavy atom. The molecule has 2 N–H and O–H groups in total. The SMILES string of the molecule is O=C(CNC(=O)C1CCCO1)NC1CCCC1. The highest BCUT2D eigenvalue weighted by atomic mass is 16.5. The Kier molecular flexibility index (Phi) is 4.36. The molecule has 0 radical (unpaired) electrons. The van der Waals surface area contributed by atoms with Crippen LogP contribution in [0.5, 0.6) is 0 Å². The third-order valence-electron chi connectivity index (χ3n) is 3.37. The summed E-state index contributed by atoms with van der Waals surface area (Å²) >= 11 is 0. The molecule has 1 aliphatic heterocycles. The molecule has 5 nitrogen and oxygen atoms in total. The molecule has 1 saturated carbocycles. The Hall–Kier alpha value is -1.10. The van der Waals surface area contributed by atoms with Crippen LogP contribution < -0.4 is 10.6 Å². The summed E-state index contributed by atoms with van der Waals surface area (Å²) in [4.78, 5) is 23.1. The van der Waals surface area contributed by atoms with Crippen molar-refractivity contribution in [3.8, 4) is 0 Å². The minimum atomic E-state index is -0.353. The average Bonchev–Trinajstić information content (AvgIpc) is 2.97. The highest BCUT2D eigenvalue weighted by molar-refractivity contribution is 5.87. The first-order valence-corrected chi connectivity index (χ1v) is 6.44. The van der Waals surface area contributed by atoms with Gasteiger partial charge in [0.05, 0.1) is 6.54 Å². The fraction of sp³-hybridized carbons (Fsp3) is 0.833. The molecule has 1 atom stereocenters. The van der Waals surface area contributed by atoms with E-state index in [9.17, 15) is 9.59 Å². The average molecular weight is 240 g/mol. The number of nitrogens with one attached hydrogen (secondary N) is 2. The van der Waals surface area contributed by atoms with Crippen LogP contribution in [0.25, 0.3) is 0 Å². The maximum Gasteiger partial charge on any atom is 0.249 e. The lowest BCUT2D eigenvalue weighted by Crippen LogP contribution is -2.43. The van der Waals surface area contributed by atoms with Gasteiger partial charge in [0.15, 0.2) is 0 Å². The predicted molar refractivity (Wildman–Crippen MR) is 62.4 cm³/mol. The number of rotatable bonds is 4. The van der Waals surface area contributed by atoms with Gasteiger partial charge < -0.3 is 15.4 Å². The first-order chi connectivity index (χ1) is 8.25. The van der Waals surface area contributed by atoms with E-state index in [4.69, 9.17) is 4.74 Å². The molecular weight excluding hydrogens is 220 g/mol. The molecule has 1 heterocycles. The van der Waals surface area contributed by atoms with Crippen LogP contribution in [0.4, 0.5) is 0 Å². The molecule has 0 bridgehead atoms. The van der Waals surface area contributed by atoms with Gasteiger partial charge in [-0.2, -0.15) is 0 Å². The van der Waals surface area contributed by atoms with E-state index in [2.05, 4.69) is 10.6 Å². The molecule has 0 aromatic rings. The van der Waals surface area contributed by atoms with Crippen LogP contribution in [0.3, 0.4) is 0 Å². The normalized spacial score (nSPS) is 24.8. The summed E-state index contributed by atoms with van der Waals surface area (Å²) in [5.41, 5.74) is 0. The van der Waals surface area contributed by atoms with Crippen molar-refractivity contribution in [2.24, 2.45) is 0 Å². The summed E-state index contributed by atoms with van der Waals surface area (Å²) in [6, 6.07) is 0.308. The Morgan fingerprint density at radius 3 is 2.53 bits per heavy atom. The second-order valence-electron chi connectivity index (χ2n) is 4.77. The van der Waals surface area contributed by atoms with E-state index in [1.54, 1.807) is 0 Å². The van der Waals surface area contributed by atoms with E-state index in [-0.39, 0.29) is 24.5 Å². The molecule has 2 amide bonds. The smallest absolute Gasteiger partial charge is 0.249 e. The summed E-state index contributed by atoms with van der Waals surface area (Å²) < 4.78 is 5.24. The van der Waals surface area contributed by atoms with Gasteiger partial charge in [0.2, 0.25) is 11.8 Å². The summed E-state index contributed by atoms with van der Waals surface area (Å²) in [7, 11) is 0. The Bertz CT molecular complexity index is 281. The first-order valence-electron chi connectivity index (χ1n) is 6.44. The van der Waals surface area contributed by atoms with Crippen molar-refractivity contribution in [3.63, 3.8) is 0 Å². The van der Waals surface area contributed by atoms with Gasteiger partial charge in [0.1, 0.15) is 6.10 Å². The number of carbonyl (C=O) groups is 2. The van der Waals surface area contributed by atoms with Gasteiger partial charge in [0, 0.05) is 12.6 Å². The van der Waals surface area contributed by atoms with Crippen molar-refractivity contribution >= 4 is 11.8 Å². The molecular formula is C12H20N2O3. The van der Waals surface area contributed by atoms with Crippen LogP contribution >= 0.6 is 0 Å². The monoisotopic (exact) mass is 240 g/mol. The van der Waals surface area contributed by atoms with Gasteiger partial charge in [-0.15, -0.1) is 0 Å². The molecule has 2 fully saturated rings. The Balaban J connectivity index is 1.63. The van der Waals surface area contributed by atoms with Gasteiger partial charge in [-0.25, -0.2) is 0 Å². The van der Waals surface area contributed by atoms with Crippen LogP contribution in [-0.4, -0.2) is 37.1 Å². The highest BCUT2D eigenvalue weighted by Crippen LogP contribution is 2.17. The standard InChI is InChI=1S/C12H20N2O3/c15-11(14-9-4-1-2-5-9)8-13-12(16)10-6-3-7-17-10/h9-10H,1-8H2,(H,13,16)(H,14,15). The third kappa shape index (κ3) is 3.70. The van der Waals surface area contributed by atoms with Crippen molar-refractivity contribution in [3.05, 3.63) is 0 Å². The maximum atomic E-state index is 11.6. The van der Waals surface area contributed by atoms with Crippen molar-refractivity contribution in [2.75, 3.05) is 13.2 Å². The van der Waals surface area contributed by atoms with Crippen molar-refractivity contribution < 1.29 is 14.3 Å². The topological polar surface area (TPSA) is 67.4 Å². The zero-order valence-corrected chi connectivity index (χ0v) is 10.0. The molecule has 0 aromatic heterocycles. The largest absolute Gasteiger partial charge is 0.368 e. The second kappa shape index (κ2) is 6.00. The molecule has 0 spiro atoms. The summed E-state index contributed by atoms with van der Waals surface area (Å²) in [5, 5.41) is 5.55. The maximum absolute atomic E-state index is 11.6. The number of hydrogen-bond acceptors (Lipinski definition) is 3. The molecule has 1 aliphatic carbocycles. The lowest BCUT2D eigenvalue weighted by Gasteiger charge is -2.13. The molecule has 2 aliphatic rings. The molecule has 17 heavy (non-hydrogen) atoms. The number of amides is 2. The number of hydrogen-bond donors (Lipinski definition) is 2. The first kappa shape index (κ1) is 12.4. The summed E-state index contributed by atoms with van der Waals surface area (Å²) in [5.74, 6) is -0.257. The van der Waals surface area contributed by atoms with E-state index in [1.807, 2.05) is 0 Å². The van der Waals surface area contributed by atoms with E-state index in [1.165, 1.54) is 12.8 Å². The van der Waals surface area contributed by atoms with Gasteiger partial charge in [-0.05, 0) is 25.7 Å². The van der Waals surface area contributed by atoms with E-state index in [0.29, 0.717) is 12.6 Å². The lowest BCUT2D eigenvalue weighted by atomic mass is 10.2. The van der Waals surface area contributed by atoms with Gasteiger partial charge in [-0.3, -0.25) is 9.59 Å². The van der Waals surface area contributed by atoms with Gasteiger partial charge in [-0.1, -0.05) is 12.8 Å². The third-order valence-corrected chi connectivity index (χ3v) is 3.37. The minimum Gasteiger partial charge on any atom is -0.368 e. The fourth-order valence-electron chi connectivity index (χ4n) is 2.41. The van der Waals surface area contributed by atoms with E-state index < -0.39 is 0 Å². The van der Waals surface area contributed by atoms with Crippen LogP contribution in [0.15, 0.2) is 0 Å². The van der Waals surface area contributed by atoms with E-state index >= 15 is 0 Å². The Labute approximate surface area is 101 Å². The second-order valence-corrected chi connectivity index (χ2v) is 4.77. The minimum absolute atomic E-state index is 0.0647. The zero-order valence-electron chi connectivity index (χ0n) is 10.0. The summed E-state index contributed by atoms with van der Waals surface area (Å²) in [6.07, 6.45) is 5.83. The molecule has 1 saturated heterocycles. The molecule has 0 aromatic carbocycles. The zero-order chi connectivity index (χ0) is 12.1. The van der Waals surface area contributed by atoms with Crippen LogP contribution in [-0.2, 0) is 14.3 Å². The van der Waals surface area contributed by atoms with Crippen molar-refractivity contribution in [1.82, 2.24) is 10.6 Å². The van der Waals surface area contributed by atoms with E-state index in [0.717, 1.165) is 25.7 Å². The highest BCUT2D eigenvalue weighted by Gasteiger charge is 2.24. The van der Waals surface area contributed by atoms with Crippen LogP contribution in [0, 0.1) is 0 Å². The molecule has 96 valence electrons. The number of ether oxygens (including phenoxy) is 1. The van der Waals surface area contributed by atoms with Gasteiger partial charge in [0.25, 0.3) is 0 Å². The van der Waals surface area contributed by atoms with Crippen LogP contribution in [0.2, 0.25) is 0 Å². The van der Waals surface area contributed by atoms with Crippen molar-refractivity contribution in [2.45, 2.75) is 50.7 Å². The predicted octanol–water partition coefficient (Wildman–Crippen LogP) is 0.340. The molecule has 2 rings (SSSR count). The number of carbonyl (C=O) groups excluding carboxylic acids is 2. The lowest BCUT2D eigenvalue weighted by molar-refractivity contribution is -0.132. The molecule has 1 unspecified atom stereocenters. The van der Waals surface area contributed by atoms with Crippen LogP contribution in [0.1, 0.15) is 38.5 Å².